The van der Waals surface area contributed by atoms with Gasteiger partial charge in [0.25, 0.3) is 0 Å². The van der Waals surface area contributed by atoms with Crippen LogP contribution in [0.3, 0.4) is 0 Å². The van der Waals surface area contributed by atoms with Crippen LogP contribution < -0.4 is 0 Å². The second-order valence-corrected chi connectivity index (χ2v) is 8.16. The van der Waals surface area contributed by atoms with Crippen molar-refractivity contribution in [3.05, 3.63) is 47.0 Å². The van der Waals surface area contributed by atoms with Gasteiger partial charge in [-0.2, -0.15) is 0 Å². The lowest BCUT2D eigenvalue weighted by molar-refractivity contribution is 0.381. The smallest absolute Gasteiger partial charge is 0.197 e. The molecule has 0 aliphatic rings. The molecule has 0 aliphatic carbocycles. The van der Waals surface area contributed by atoms with E-state index in [1.807, 2.05) is 6.20 Å². The summed E-state index contributed by atoms with van der Waals surface area (Å²) in [5, 5.41) is 4.11. The number of allylic oxidation sites excluding steroid dienone is 2. The van der Waals surface area contributed by atoms with Crippen LogP contribution in [-0.4, -0.2) is 10.1 Å². The van der Waals surface area contributed by atoms with E-state index in [0.29, 0.717) is 17.8 Å². The lowest BCUT2D eigenvalue weighted by Crippen LogP contribution is -1.95. The average molecular weight is 359 g/mol. The minimum atomic E-state index is 0.337. The Morgan fingerprint density at radius 1 is 1.12 bits per heavy atom. The Kier molecular flexibility index (Phi) is 7.67. The number of rotatable bonds is 10. The fourth-order valence-electron chi connectivity index (χ4n) is 2.74. The Balaban J connectivity index is 1.79. The second kappa shape index (κ2) is 9.75. The third kappa shape index (κ3) is 6.47. The summed E-state index contributed by atoms with van der Waals surface area (Å²) in [6.07, 6.45) is 9.14. The van der Waals surface area contributed by atoms with Crippen molar-refractivity contribution < 1.29 is 8.94 Å². The number of hydrogen-bond acceptors (Lipinski definition) is 4. The van der Waals surface area contributed by atoms with Crippen LogP contribution in [0.2, 0.25) is 0 Å². The van der Waals surface area contributed by atoms with E-state index in [4.69, 9.17) is 8.94 Å². The fourth-order valence-corrected chi connectivity index (χ4v) is 2.74. The first-order valence-corrected chi connectivity index (χ1v) is 9.90. The van der Waals surface area contributed by atoms with Gasteiger partial charge in [0.1, 0.15) is 11.5 Å². The molecule has 2 aromatic heterocycles. The van der Waals surface area contributed by atoms with Crippen LogP contribution in [0.15, 0.2) is 32.9 Å². The molecule has 2 rings (SSSR count). The third-order valence-electron chi connectivity index (χ3n) is 4.75. The molecule has 0 amide bonds. The van der Waals surface area contributed by atoms with Crippen molar-refractivity contribution in [2.45, 2.75) is 85.5 Å². The molecule has 0 spiro atoms. The number of oxazole rings is 1. The molecule has 2 aromatic rings. The first kappa shape index (κ1) is 20.5. The lowest BCUT2D eigenvalue weighted by Gasteiger charge is -2.07. The van der Waals surface area contributed by atoms with E-state index in [0.717, 1.165) is 55.2 Å². The normalized spacial score (nSPS) is 13.8. The summed E-state index contributed by atoms with van der Waals surface area (Å²) in [5.41, 5.74) is 2.39. The zero-order valence-corrected chi connectivity index (χ0v) is 17.2. The molecule has 144 valence electrons. The van der Waals surface area contributed by atoms with E-state index in [-0.39, 0.29) is 0 Å². The topological polar surface area (TPSA) is 52.1 Å². The molecule has 0 bridgehead atoms. The van der Waals surface area contributed by atoms with Crippen molar-refractivity contribution in [1.29, 1.82) is 0 Å². The number of aromatic nitrogens is 2. The first-order valence-electron chi connectivity index (χ1n) is 9.90. The Morgan fingerprint density at radius 2 is 1.88 bits per heavy atom. The molecule has 0 aliphatic heterocycles. The van der Waals surface area contributed by atoms with Gasteiger partial charge in [0.05, 0.1) is 11.9 Å². The highest BCUT2D eigenvalue weighted by Gasteiger charge is 2.13. The van der Waals surface area contributed by atoms with Crippen molar-refractivity contribution in [3.63, 3.8) is 0 Å². The highest BCUT2D eigenvalue weighted by Crippen LogP contribution is 2.24. The highest BCUT2D eigenvalue weighted by molar-refractivity contribution is 5.13. The number of hydrogen-bond donors (Lipinski definition) is 0. The molecule has 4 heteroatoms. The predicted octanol–water partition coefficient (Wildman–Crippen LogP) is 6.45. The SMILES string of the molecule is C/C(=C\Cc1cc(C(C)C)no1)CCC(C)c1ncc(CCC(C)C)o1. The molecule has 0 N–H and O–H groups in total. The maximum atomic E-state index is 5.93. The zero-order chi connectivity index (χ0) is 19.1. The molecule has 0 fully saturated rings. The van der Waals surface area contributed by atoms with Crippen LogP contribution in [0.1, 0.15) is 95.7 Å². The number of aryl methyl sites for hydroxylation is 1. The Labute approximate surface area is 158 Å². The molecule has 4 nitrogen and oxygen atoms in total. The molecule has 26 heavy (non-hydrogen) atoms. The predicted molar refractivity (Wildman–Crippen MR) is 105 cm³/mol. The van der Waals surface area contributed by atoms with Crippen LogP contribution >= 0.6 is 0 Å². The molecule has 0 saturated heterocycles. The van der Waals surface area contributed by atoms with E-state index in [2.05, 4.69) is 63.8 Å². The van der Waals surface area contributed by atoms with Gasteiger partial charge in [0.15, 0.2) is 5.89 Å². The standard InChI is InChI=1S/C22H34N2O2/c1-15(2)7-11-20-14-23-22(25-20)18(6)10-8-17(5)9-12-19-13-21(16(3)4)24-26-19/h9,13-16,18H,7-8,10-12H2,1-6H3/b17-9+. The largest absolute Gasteiger partial charge is 0.445 e. The summed E-state index contributed by atoms with van der Waals surface area (Å²) in [5.74, 6) is 4.25. The third-order valence-corrected chi connectivity index (χ3v) is 4.75. The number of nitrogens with zero attached hydrogens (tertiary/aromatic N) is 2. The second-order valence-electron chi connectivity index (χ2n) is 8.16. The van der Waals surface area contributed by atoms with Crippen LogP contribution in [-0.2, 0) is 12.8 Å². The summed E-state index contributed by atoms with van der Waals surface area (Å²) in [6, 6.07) is 2.06. The van der Waals surface area contributed by atoms with Gasteiger partial charge < -0.3 is 8.94 Å². The van der Waals surface area contributed by atoms with Crippen LogP contribution in [0, 0.1) is 5.92 Å². The Hall–Kier alpha value is -1.84. The fraction of sp³-hybridized carbons (Fsp3) is 0.636. The highest BCUT2D eigenvalue weighted by atomic mass is 16.5. The molecular formula is C22H34N2O2. The van der Waals surface area contributed by atoms with Crippen molar-refractivity contribution in [3.8, 4) is 0 Å². The van der Waals surface area contributed by atoms with Crippen molar-refractivity contribution >= 4 is 0 Å². The summed E-state index contributed by atoms with van der Waals surface area (Å²) < 4.78 is 11.3. The minimum Gasteiger partial charge on any atom is -0.445 e. The molecule has 2 heterocycles. The summed E-state index contributed by atoms with van der Waals surface area (Å²) >= 11 is 0. The Morgan fingerprint density at radius 3 is 2.54 bits per heavy atom. The van der Waals surface area contributed by atoms with E-state index >= 15 is 0 Å². The van der Waals surface area contributed by atoms with Gasteiger partial charge in [-0.05, 0) is 38.0 Å². The van der Waals surface area contributed by atoms with Crippen molar-refractivity contribution in [2.75, 3.05) is 0 Å². The molecular weight excluding hydrogens is 324 g/mol. The summed E-state index contributed by atoms with van der Waals surface area (Å²) in [6.45, 7) is 13.1. The molecule has 0 radical (unpaired) electrons. The molecule has 0 saturated carbocycles. The summed E-state index contributed by atoms with van der Waals surface area (Å²) in [7, 11) is 0. The molecule has 1 unspecified atom stereocenters. The lowest BCUT2D eigenvalue weighted by atomic mass is 10.0. The van der Waals surface area contributed by atoms with E-state index in [9.17, 15) is 0 Å². The van der Waals surface area contributed by atoms with Gasteiger partial charge >= 0.3 is 0 Å². The van der Waals surface area contributed by atoms with E-state index in [1.54, 1.807) is 0 Å². The van der Waals surface area contributed by atoms with Gasteiger partial charge in [-0.25, -0.2) is 4.98 Å². The minimum absolute atomic E-state index is 0.337. The van der Waals surface area contributed by atoms with Crippen LogP contribution in [0.4, 0.5) is 0 Å². The van der Waals surface area contributed by atoms with Gasteiger partial charge in [-0.3, -0.25) is 0 Å². The van der Waals surface area contributed by atoms with Crippen molar-refractivity contribution in [2.24, 2.45) is 5.92 Å². The van der Waals surface area contributed by atoms with E-state index in [1.165, 1.54) is 5.57 Å². The monoisotopic (exact) mass is 358 g/mol. The van der Waals surface area contributed by atoms with Crippen molar-refractivity contribution in [1.82, 2.24) is 10.1 Å². The van der Waals surface area contributed by atoms with Crippen LogP contribution in [0.25, 0.3) is 0 Å². The maximum absolute atomic E-state index is 5.93. The van der Waals surface area contributed by atoms with Gasteiger partial charge in [0, 0.05) is 24.8 Å². The quantitative estimate of drug-likeness (QED) is 0.458. The first-order chi connectivity index (χ1) is 12.3. The maximum Gasteiger partial charge on any atom is 0.197 e. The van der Waals surface area contributed by atoms with Gasteiger partial charge in [-0.15, -0.1) is 0 Å². The van der Waals surface area contributed by atoms with Gasteiger partial charge in [-0.1, -0.05) is 51.4 Å². The van der Waals surface area contributed by atoms with Gasteiger partial charge in [0.2, 0.25) is 0 Å². The molecule has 1 atom stereocenters. The average Bonchev–Trinajstić information content (AvgIpc) is 3.25. The molecule has 0 aromatic carbocycles. The Bertz CT molecular complexity index is 695. The van der Waals surface area contributed by atoms with E-state index < -0.39 is 0 Å². The summed E-state index contributed by atoms with van der Waals surface area (Å²) in [4.78, 5) is 4.48. The van der Waals surface area contributed by atoms with Crippen LogP contribution in [0.5, 0.6) is 0 Å². The zero-order valence-electron chi connectivity index (χ0n) is 17.2.